The van der Waals surface area contributed by atoms with E-state index in [-0.39, 0.29) is 28.1 Å². The summed E-state index contributed by atoms with van der Waals surface area (Å²) in [5.41, 5.74) is 6.95. The first kappa shape index (κ1) is 12.6. The van der Waals surface area contributed by atoms with Gasteiger partial charge in [0.05, 0.1) is 5.02 Å². The van der Waals surface area contributed by atoms with E-state index in [1.807, 2.05) is 0 Å². The van der Waals surface area contributed by atoms with Crippen LogP contribution in [0.25, 0.3) is 0 Å². The first-order chi connectivity index (χ1) is 7.84. The molecule has 0 heterocycles. The van der Waals surface area contributed by atoms with Gasteiger partial charge in [0, 0.05) is 12.0 Å². The van der Waals surface area contributed by atoms with Crippen LogP contribution in [0.5, 0.6) is 5.75 Å². The van der Waals surface area contributed by atoms with Crippen LogP contribution in [-0.4, -0.2) is 12.7 Å². The normalized spacial score (nSPS) is 26.1. The lowest BCUT2D eigenvalue weighted by Crippen LogP contribution is -2.06. The third-order valence-corrected chi connectivity index (χ3v) is 3.74. The monoisotopic (exact) mass is 261 g/mol. The number of nitrogens with two attached hydrogens (primary N) is 1. The molecule has 5 heteroatoms. The number of hydrogen-bond donors (Lipinski definition) is 1. The fourth-order valence-electron chi connectivity index (χ4n) is 2.22. The molecule has 1 aromatic rings. The molecule has 2 rings (SSSR count). The van der Waals surface area contributed by atoms with Crippen molar-refractivity contribution < 1.29 is 13.5 Å². The van der Waals surface area contributed by atoms with Crippen molar-refractivity contribution in [3.8, 4) is 5.75 Å². The number of rotatable bonds is 3. The van der Waals surface area contributed by atoms with E-state index in [0.717, 1.165) is 5.56 Å². The van der Waals surface area contributed by atoms with Gasteiger partial charge in [0.2, 0.25) is 0 Å². The minimum absolute atomic E-state index is 0.00237. The lowest BCUT2D eigenvalue weighted by atomic mass is 10.0. The van der Waals surface area contributed by atoms with Gasteiger partial charge in [0.25, 0.3) is 0 Å². The summed E-state index contributed by atoms with van der Waals surface area (Å²) in [5.74, 6) is 0.220. The van der Waals surface area contributed by atoms with E-state index < -0.39 is 6.61 Å². The highest BCUT2D eigenvalue weighted by molar-refractivity contribution is 6.32. The molecule has 1 aromatic carbocycles. The number of hydrogen-bond acceptors (Lipinski definition) is 2. The molecule has 2 nitrogen and oxygen atoms in total. The standard InChI is InChI=1S/C12H14ClF2NO/c1-12(2)9(10(12)16)6-3-4-8(7(13)5-6)17-11(14)15/h3-5,9-11H,16H2,1-2H3/t9-,10-/m0/s1. The van der Waals surface area contributed by atoms with Crippen LogP contribution in [0.3, 0.4) is 0 Å². The van der Waals surface area contributed by atoms with E-state index in [9.17, 15) is 8.78 Å². The van der Waals surface area contributed by atoms with Crippen molar-refractivity contribution in [2.75, 3.05) is 0 Å². The summed E-state index contributed by atoms with van der Waals surface area (Å²) in [5, 5.41) is 0.192. The zero-order chi connectivity index (χ0) is 12.8. The van der Waals surface area contributed by atoms with Gasteiger partial charge in [0.15, 0.2) is 0 Å². The third-order valence-electron chi connectivity index (χ3n) is 3.44. The number of halogens is 3. The average molecular weight is 262 g/mol. The SMILES string of the molecule is CC1(C)[C@@H](N)[C@@H]1c1ccc(OC(F)F)c(Cl)c1. The predicted octanol–water partition coefficient (Wildman–Crippen LogP) is 3.39. The van der Waals surface area contributed by atoms with Crippen LogP contribution in [0.4, 0.5) is 8.78 Å². The zero-order valence-corrected chi connectivity index (χ0v) is 10.3. The van der Waals surface area contributed by atoms with Gasteiger partial charge in [-0.3, -0.25) is 0 Å². The van der Waals surface area contributed by atoms with Crippen LogP contribution in [0.1, 0.15) is 25.3 Å². The highest BCUT2D eigenvalue weighted by atomic mass is 35.5. The second kappa shape index (κ2) is 4.10. The summed E-state index contributed by atoms with van der Waals surface area (Å²) in [6.07, 6.45) is 0. The molecule has 1 saturated carbocycles. The van der Waals surface area contributed by atoms with Crippen LogP contribution in [0.15, 0.2) is 18.2 Å². The molecule has 0 saturated heterocycles. The third kappa shape index (κ3) is 2.24. The smallest absolute Gasteiger partial charge is 0.387 e. The van der Waals surface area contributed by atoms with Crippen LogP contribution >= 0.6 is 11.6 Å². The Kier molecular flexibility index (Phi) is 3.04. The maximum absolute atomic E-state index is 12.1. The lowest BCUT2D eigenvalue weighted by molar-refractivity contribution is -0.0497. The van der Waals surface area contributed by atoms with E-state index in [1.54, 1.807) is 12.1 Å². The fourth-order valence-corrected chi connectivity index (χ4v) is 2.45. The van der Waals surface area contributed by atoms with Crippen LogP contribution in [-0.2, 0) is 0 Å². The van der Waals surface area contributed by atoms with Gasteiger partial charge < -0.3 is 10.5 Å². The molecule has 0 spiro atoms. The average Bonchev–Trinajstić information content (AvgIpc) is 2.69. The van der Waals surface area contributed by atoms with E-state index in [4.69, 9.17) is 17.3 Å². The Bertz CT molecular complexity index is 437. The van der Waals surface area contributed by atoms with E-state index >= 15 is 0 Å². The molecule has 0 unspecified atom stereocenters. The summed E-state index contributed by atoms with van der Waals surface area (Å²) in [6, 6.07) is 4.94. The van der Waals surface area contributed by atoms with Gasteiger partial charge in [0.1, 0.15) is 5.75 Å². The maximum atomic E-state index is 12.1. The summed E-state index contributed by atoms with van der Waals surface area (Å²) >= 11 is 5.89. The molecule has 0 aliphatic heterocycles. The van der Waals surface area contributed by atoms with Crippen molar-refractivity contribution in [1.29, 1.82) is 0 Å². The minimum Gasteiger partial charge on any atom is -0.433 e. The molecule has 94 valence electrons. The molecular weight excluding hydrogens is 248 g/mol. The molecule has 2 N–H and O–H groups in total. The van der Waals surface area contributed by atoms with Crippen molar-refractivity contribution in [2.45, 2.75) is 32.4 Å². The number of ether oxygens (including phenoxy) is 1. The number of alkyl halides is 2. The molecular formula is C12H14ClF2NO. The molecule has 1 aliphatic carbocycles. The van der Waals surface area contributed by atoms with E-state index in [2.05, 4.69) is 18.6 Å². The second-order valence-electron chi connectivity index (χ2n) is 4.89. The van der Waals surface area contributed by atoms with Gasteiger partial charge in [-0.15, -0.1) is 0 Å². The quantitative estimate of drug-likeness (QED) is 0.905. The van der Waals surface area contributed by atoms with Crippen LogP contribution < -0.4 is 10.5 Å². The zero-order valence-electron chi connectivity index (χ0n) is 9.58. The van der Waals surface area contributed by atoms with Crippen molar-refractivity contribution in [3.63, 3.8) is 0 Å². The van der Waals surface area contributed by atoms with Crippen molar-refractivity contribution in [2.24, 2.45) is 11.1 Å². The molecule has 1 aliphatic rings. The molecule has 0 bridgehead atoms. The van der Waals surface area contributed by atoms with Gasteiger partial charge in [-0.1, -0.05) is 31.5 Å². The van der Waals surface area contributed by atoms with Crippen molar-refractivity contribution in [3.05, 3.63) is 28.8 Å². The Hall–Kier alpha value is -0.870. The molecule has 0 aromatic heterocycles. The summed E-state index contributed by atoms with van der Waals surface area (Å²) in [4.78, 5) is 0. The number of benzene rings is 1. The first-order valence-corrected chi connectivity index (χ1v) is 5.71. The van der Waals surface area contributed by atoms with Crippen molar-refractivity contribution in [1.82, 2.24) is 0 Å². The highest BCUT2D eigenvalue weighted by Gasteiger charge is 2.56. The topological polar surface area (TPSA) is 35.2 Å². The minimum atomic E-state index is -2.86. The Morgan fingerprint density at radius 3 is 2.41 bits per heavy atom. The van der Waals surface area contributed by atoms with Crippen LogP contribution in [0, 0.1) is 5.41 Å². The maximum Gasteiger partial charge on any atom is 0.387 e. The van der Waals surface area contributed by atoms with Gasteiger partial charge in [-0.2, -0.15) is 8.78 Å². The Morgan fingerprint density at radius 1 is 1.41 bits per heavy atom. The fraction of sp³-hybridized carbons (Fsp3) is 0.500. The summed E-state index contributed by atoms with van der Waals surface area (Å²) in [6.45, 7) is 1.28. The Labute approximate surface area is 104 Å². The van der Waals surface area contributed by atoms with Gasteiger partial charge >= 0.3 is 6.61 Å². The second-order valence-corrected chi connectivity index (χ2v) is 5.30. The molecule has 0 radical (unpaired) electrons. The molecule has 2 atom stereocenters. The molecule has 1 fully saturated rings. The summed E-state index contributed by atoms with van der Waals surface area (Å²) in [7, 11) is 0. The predicted molar refractivity (Wildman–Crippen MR) is 62.6 cm³/mol. The Balaban J connectivity index is 2.21. The largest absolute Gasteiger partial charge is 0.433 e. The van der Waals surface area contributed by atoms with E-state index in [1.165, 1.54) is 6.07 Å². The molecule has 17 heavy (non-hydrogen) atoms. The highest BCUT2D eigenvalue weighted by Crippen LogP contribution is 2.57. The molecule has 0 amide bonds. The van der Waals surface area contributed by atoms with Gasteiger partial charge in [-0.05, 0) is 23.1 Å². The van der Waals surface area contributed by atoms with Crippen LogP contribution in [0.2, 0.25) is 5.02 Å². The van der Waals surface area contributed by atoms with Gasteiger partial charge in [-0.25, -0.2) is 0 Å². The van der Waals surface area contributed by atoms with E-state index in [0.29, 0.717) is 0 Å². The van der Waals surface area contributed by atoms with Crippen molar-refractivity contribution >= 4 is 11.6 Å². The summed E-state index contributed by atoms with van der Waals surface area (Å²) < 4.78 is 28.4. The Morgan fingerprint density at radius 2 is 2.00 bits per heavy atom. The first-order valence-electron chi connectivity index (χ1n) is 5.34. The lowest BCUT2D eigenvalue weighted by Gasteiger charge is -2.09.